The first-order valence-corrected chi connectivity index (χ1v) is 12.1. The Morgan fingerprint density at radius 3 is 2.28 bits per heavy atom. The smallest absolute Gasteiger partial charge is 0.293 e. The van der Waals surface area contributed by atoms with Crippen LogP contribution < -0.4 is 5.32 Å². The highest BCUT2D eigenvalue weighted by atomic mass is 32.2. The summed E-state index contributed by atoms with van der Waals surface area (Å²) in [7, 11) is -3.60. The fraction of sp³-hybridized carbons (Fsp3) is 0.0870. The Kier molecular flexibility index (Phi) is 6.02. The third-order valence-electron chi connectivity index (χ3n) is 4.53. The molecule has 2 aromatic heterocycles. The molecule has 0 aliphatic carbocycles. The summed E-state index contributed by atoms with van der Waals surface area (Å²) in [5, 5.41) is 2.87. The predicted octanol–water partition coefficient (Wildman–Crippen LogP) is 4.83. The largest absolute Gasteiger partial charge is 0.455 e. The number of Topliss-reactive ketones (excluding diaryl/α,β-unsaturated/α-hetero) is 1. The maximum Gasteiger partial charge on any atom is 0.293 e. The molecule has 0 bridgehead atoms. The number of ketones is 1. The van der Waals surface area contributed by atoms with Crippen LogP contribution in [0.1, 0.15) is 32.9 Å². The summed E-state index contributed by atoms with van der Waals surface area (Å²) in [5.41, 5.74) is 1.26. The molecule has 4 rings (SSSR count). The molecule has 0 aliphatic rings. The van der Waals surface area contributed by atoms with Crippen molar-refractivity contribution < 1.29 is 22.4 Å². The molecule has 0 saturated carbocycles. The summed E-state index contributed by atoms with van der Waals surface area (Å²) in [6.07, 6.45) is 0. The molecule has 0 saturated heterocycles. The molecule has 2 aromatic carbocycles. The van der Waals surface area contributed by atoms with Crippen LogP contribution in [0.15, 0.2) is 82.1 Å². The molecule has 9 heteroatoms. The van der Waals surface area contributed by atoms with Gasteiger partial charge in [-0.15, -0.1) is 0 Å². The molecular weight excluding hydrogens is 448 g/mol. The molecule has 0 aliphatic heterocycles. The van der Waals surface area contributed by atoms with Crippen LogP contribution in [-0.2, 0) is 15.6 Å². The summed E-state index contributed by atoms with van der Waals surface area (Å²) < 4.78 is 30.5. The van der Waals surface area contributed by atoms with Crippen molar-refractivity contribution in [1.29, 1.82) is 0 Å². The number of carbonyl (C=O) groups is 2. The quantitative estimate of drug-likeness (QED) is 0.391. The summed E-state index contributed by atoms with van der Waals surface area (Å²) in [6.45, 7) is 1.44. The van der Waals surface area contributed by atoms with Crippen molar-refractivity contribution in [3.8, 4) is 11.3 Å². The van der Waals surface area contributed by atoms with Gasteiger partial charge in [0.1, 0.15) is 11.5 Å². The SMILES string of the molecule is CC(=O)c1sc(NC(=O)c2ccc(CS(=O)(=O)c3ccccc3)o2)nc1-c1ccccc1. The molecule has 0 unspecified atom stereocenters. The molecule has 1 N–H and O–H groups in total. The number of hydrogen-bond acceptors (Lipinski definition) is 7. The molecule has 0 radical (unpaired) electrons. The number of anilines is 1. The number of carbonyl (C=O) groups excluding carboxylic acids is 2. The number of amides is 1. The Morgan fingerprint density at radius 1 is 0.969 bits per heavy atom. The van der Waals surface area contributed by atoms with Crippen molar-refractivity contribution in [1.82, 2.24) is 4.98 Å². The van der Waals surface area contributed by atoms with Crippen LogP contribution in [0, 0.1) is 0 Å². The van der Waals surface area contributed by atoms with E-state index < -0.39 is 15.7 Å². The van der Waals surface area contributed by atoms with Gasteiger partial charge in [0.15, 0.2) is 26.5 Å². The van der Waals surface area contributed by atoms with Crippen LogP contribution >= 0.6 is 11.3 Å². The van der Waals surface area contributed by atoms with Crippen molar-refractivity contribution in [2.24, 2.45) is 0 Å². The summed E-state index contributed by atoms with van der Waals surface area (Å²) in [4.78, 5) is 29.7. The molecule has 0 spiro atoms. The number of benzene rings is 2. The summed E-state index contributed by atoms with van der Waals surface area (Å²) in [5.74, 6) is -1.02. The van der Waals surface area contributed by atoms with Gasteiger partial charge < -0.3 is 4.42 Å². The first-order valence-electron chi connectivity index (χ1n) is 9.58. The zero-order chi connectivity index (χ0) is 22.7. The van der Waals surface area contributed by atoms with Gasteiger partial charge in [0.05, 0.1) is 15.5 Å². The van der Waals surface area contributed by atoms with Gasteiger partial charge in [-0.25, -0.2) is 13.4 Å². The van der Waals surface area contributed by atoms with Crippen molar-refractivity contribution in [3.63, 3.8) is 0 Å². The van der Waals surface area contributed by atoms with Gasteiger partial charge in [-0.2, -0.15) is 0 Å². The fourth-order valence-corrected chi connectivity index (χ4v) is 5.18. The van der Waals surface area contributed by atoms with Crippen LogP contribution in [-0.4, -0.2) is 25.1 Å². The Hall–Kier alpha value is -3.56. The molecule has 7 nitrogen and oxygen atoms in total. The van der Waals surface area contributed by atoms with E-state index in [1.165, 1.54) is 31.2 Å². The zero-order valence-electron chi connectivity index (χ0n) is 16.9. The number of nitrogens with one attached hydrogen (secondary N) is 1. The van der Waals surface area contributed by atoms with E-state index in [2.05, 4.69) is 10.3 Å². The lowest BCUT2D eigenvalue weighted by Gasteiger charge is -2.02. The predicted molar refractivity (Wildman–Crippen MR) is 122 cm³/mol. The Labute approximate surface area is 188 Å². The summed E-state index contributed by atoms with van der Waals surface area (Å²) in [6, 6.07) is 20.1. The number of furan rings is 1. The minimum atomic E-state index is -3.60. The van der Waals surface area contributed by atoms with E-state index in [9.17, 15) is 18.0 Å². The van der Waals surface area contributed by atoms with Crippen molar-refractivity contribution in [2.75, 3.05) is 5.32 Å². The second kappa shape index (κ2) is 8.89. The highest BCUT2D eigenvalue weighted by Gasteiger charge is 2.21. The minimum Gasteiger partial charge on any atom is -0.455 e. The number of aromatic nitrogens is 1. The normalized spacial score (nSPS) is 11.3. The third-order valence-corrected chi connectivity index (χ3v) is 7.26. The Bertz CT molecular complexity index is 1370. The van der Waals surface area contributed by atoms with Crippen molar-refractivity contribution in [3.05, 3.63) is 89.2 Å². The molecular formula is C23H18N2O5S2. The molecule has 0 fully saturated rings. The molecule has 2 heterocycles. The molecule has 32 heavy (non-hydrogen) atoms. The second-order valence-electron chi connectivity index (χ2n) is 6.91. The second-order valence-corrected chi connectivity index (χ2v) is 9.90. The zero-order valence-corrected chi connectivity index (χ0v) is 18.6. The first-order chi connectivity index (χ1) is 15.3. The van der Waals surface area contributed by atoms with Gasteiger partial charge >= 0.3 is 0 Å². The average Bonchev–Trinajstić information content (AvgIpc) is 3.42. The molecule has 0 atom stereocenters. The monoisotopic (exact) mass is 466 g/mol. The van der Waals surface area contributed by atoms with E-state index >= 15 is 0 Å². The minimum absolute atomic E-state index is 0.0518. The Balaban J connectivity index is 1.52. The highest BCUT2D eigenvalue weighted by molar-refractivity contribution is 7.90. The van der Waals surface area contributed by atoms with Crippen LogP contribution in [0.4, 0.5) is 5.13 Å². The molecule has 4 aromatic rings. The maximum absolute atomic E-state index is 12.6. The number of nitrogens with zero attached hydrogens (tertiary/aromatic N) is 1. The van der Waals surface area contributed by atoms with Crippen molar-refractivity contribution >= 4 is 38.0 Å². The van der Waals surface area contributed by atoms with Gasteiger partial charge in [0, 0.05) is 12.5 Å². The van der Waals surface area contributed by atoms with Gasteiger partial charge in [-0.3, -0.25) is 14.9 Å². The third kappa shape index (κ3) is 4.68. The lowest BCUT2D eigenvalue weighted by atomic mass is 10.1. The number of thiazole rings is 1. The van der Waals surface area contributed by atoms with E-state index in [-0.39, 0.29) is 33.1 Å². The van der Waals surface area contributed by atoms with Crippen LogP contribution in [0.3, 0.4) is 0 Å². The van der Waals surface area contributed by atoms with E-state index in [1.54, 1.807) is 18.2 Å². The fourth-order valence-electron chi connectivity index (χ4n) is 3.04. The van der Waals surface area contributed by atoms with E-state index in [0.717, 1.165) is 16.9 Å². The van der Waals surface area contributed by atoms with Crippen LogP contribution in [0.2, 0.25) is 0 Å². The summed E-state index contributed by atoms with van der Waals surface area (Å²) >= 11 is 1.07. The topological polar surface area (TPSA) is 106 Å². The standard InChI is InChI=1S/C23H18N2O5S2/c1-15(26)21-20(16-8-4-2-5-9-16)24-23(31-21)25-22(27)19-13-12-17(30-19)14-32(28,29)18-10-6-3-7-11-18/h2-13H,14H2,1H3,(H,24,25,27). The highest BCUT2D eigenvalue weighted by Crippen LogP contribution is 2.32. The van der Waals surface area contributed by atoms with Gasteiger partial charge in [-0.1, -0.05) is 59.9 Å². The number of hydrogen-bond donors (Lipinski definition) is 1. The van der Waals surface area contributed by atoms with Crippen molar-refractivity contribution in [2.45, 2.75) is 17.6 Å². The van der Waals surface area contributed by atoms with Gasteiger partial charge in [0.2, 0.25) is 0 Å². The molecule has 162 valence electrons. The Morgan fingerprint density at radius 2 is 1.62 bits per heavy atom. The number of rotatable bonds is 7. The van der Waals surface area contributed by atoms with E-state index in [4.69, 9.17) is 4.42 Å². The van der Waals surface area contributed by atoms with Crippen LogP contribution in [0.5, 0.6) is 0 Å². The maximum atomic E-state index is 12.6. The number of sulfone groups is 1. The van der Waals surface area contributed by atoms with E-state index in [0.29, 0.717) is 10.6 Å². The van der Waals surface area contributed by atoms with Gasteiger partial charge in [-0.05, 0) is 24.3 Å². The first kappa shape index (κ1) is 21.7. The van der Waals surface area contributed by atoms with Crippen LogP contribution in [0.25, 0.3) is 11.3 Å². The molecule has 1 amide bonds. The van der Waals surface area contributed by atoms with Gasteiger partial charge in [0.25, 0.3) is 5.91 Å². The lowest BCUT2D eigenvalue weighted by molar-refractivity contribution is 0.0992. The van der Waals surface area contributed by atoms with E-state index in [1.807, 2.05) is 30.3 Å². The average molecular weight is 467 g/mol. The lowest BCUT2D eigenvalue weighted by Crippen LogP contribution is -2.10.